The second-order valence-corrected chi connectivity index (χ2v) is 7.68. The van der Waals surface area contributed by atoms with E-state index in [-0.39, 0.29) is 12.1 Å². The van der Waals surface area contributed by atoms with Gasteiger partial charge in [0.25, 0.3) is 0 Å². The van der Waals surface area contributed by atoms with E-state index in [1.54, 1.807) is 4.90 Å². The first-order chi connectivity index (χ1) is 11.1. The van der Waals surface area contributed by atoms with Gasteiger partial charge in [-0.1, -0.05) is 31.9 Å². The maximum Gasteiger partial charge on any atom is 0.410 e. The SMILES string of the molecule is CCCCC(CC(C)N(C)C(=O)OC(C)(C)C)c1ccc(N)cc1. The molecule has 0 saturated carbocycles. The predicted molar refractivity (Wildman–Crippen MR) is 101 cm³/mol. The van der Waals surface area contributed by atoms with Gasteiger partial charge in [0, 0.05) is 18.8 Å². The Labute approximate surface area is 147 Å². The van der Waals surface area contributed by atoms with Gasteiger partial charge in [0.15, 0.2) is 0 Å². The summed E-state index contributed by atoms with van der Waals surface area (Å²) in [6.45, 7) is 9.96. The van der Waals surface area contributed by atoms with E-state index in [9.17, 15) is 4.79 Å². The molecule has 1 aromatic rings. The van der Waals surface area contributed by atoms with Crippen LogP contribution in [0.3, 0.4) is 0 Å². The number of amides is 1. The Hall–Kier alpha value is -1.71. The number of nitrogens with two attached hydrogens (primary N) is 1. The number of nitrogens with zero attached hydrogens (tertiary/aromatic N) is 1. The third-order valence-corrected chi connectivity index (χ3v) is 4.28. The summed E-state index contributed by atoms with van der Waals surface area (Å²) in [5, 5.41) is 0. The van der Waals surface area contributed by atoms with Gasteiger partial charge in [-0.15, -0.1) is 0 Å². The van der Waals surface area contributed by atoms with Crippen molar-refractivity contribution in [2.45, 2.75) is 77.9 Å². The van der Waals surface area contributed by atoms with Gasteiger partial charge >= 0.3 is 6.09 Å². The van der Waals surface area contributed by atoms with Gasteiger partial charge in [0.05, 0.1) is 0 Å². The van der Waals surface area contributed by atoms with Crippen LogP contribution in [0.4, 0.5) is 10.5 Å². The highest BCUT2D eigenvalue weighted by molar-refractivity contribution is 5.68. The van der Waals surface area contributed by atoms with Gasteiger partial charge in [-0.3, -0.25) is 0 Å². The molecule has 4 heteroatoms. The van der Waals surface area contributed by atoms with Gasteiger partial charge in [0.2, 0.25) is 0 Å². The van der Waals surface area contributed by atoms with Crippen LogP contribution in [0.2, 0.25) is 0 Å². The molecule has 2 unspecified atom stereocenters. The lowest BCUT2D eigenvalue weighted by Gasteiger charge is -2.31. The highest BCUT2D eigenvalue weighted by Gasteiger charge is 2.25. The van der Waals surface area contributed by atoms with E-state index in [4.69, 9.17) is 10.5 Å². The van der Waals surface area contributed by atoms with Crippen LogP contribution >= 0.6 is 0 Å². The summed E-state index contributed by atoms with van der Waals surface area (Å²) in [6.07, 6.45) is 4.12. The van der Waals surface area contributed by atoms with Crippen molar-refractivity contribution in [2.24, 2.45) is 0 Å². The summed E-state index contributed by atoms with van der Waals surface area (Å²) >= 11 is 0. The number of rotatable bonds is 7. The van der Waals surface area contributed by atoms with Crippen molar-refractivity contribution in [1.82, 2.24) is 4.90 Å². The summed E-state index contributed by atoms with van der Waals surface area (Å²) in [5.74, 6) is 0.422. The minimum atomic E-state index is -0.469. The van der Waals surface area contributed by atoms with Gasteiger partial charge in [-0.2, -0.15) is 0 Å². The van der Waals surface area contributed by atoms with Gasteiger partial charge in [-0.05, 0) is 64.2 Å². The topological polar surface area (TPSA) is 55.6 Å². The lowest BCUT2D eigenvalue weighted by molar-refractivity contribution is 0.0223. The van der Waals surface area contributed by atoms with Crippen LogP contribution in [-0.4, -0.2) is 29.7 Å². The molecule has 0 saturated heterocycles. The van der Waals surface area contributed by atoms with E-state index < -0.39 is 5.60 Å². The highest BCUT2D eigenvalue weighted by Crippen LogP contribution is 2.29. The quantitative estimate of drug-likeness (QED) is 0.698. The molecule has 4 nitrogen and oxygen atoms in total. The molecule has 0 aliphatic carbocycles. The van der Waals surface area contributed by atoms with E-state index in [1.165, 1.54) is 18.4 Å². The van der Waals surface area contributed by atoms with Crippen LogP contribution in [0.25, 0.3) is 0 Å². The number of hydrogen-bond donors (Lipinski definition) is 1. The fourth-order valence-corrected chi connectivity index (χ4v) is 2.72. The Bertz CT molecular complexity index is 505. The molecule has 2 atom stereocenters. The first kappa shape index (κ1) is 20.3. The molecule has 1 amide bonds. The summed E-state index contributed by atoms with van der Waals surface area (Å²) in [7, 11) is 1.82. The molecule has 0 heterocycles. The fourth-order valence-electron chi connectivity index (χ4n) is 2.72. The molecule has 0 aromatic heterocycles. The zero-order chi connectivity index (χ0) is 18.3. The Balaban J connectivity index is 2.77. The van der Waals surface area contributed by atoms with Crippen LogP contribution in [0.1, 0.15) is 71.8 Å². The summed E-state index contributed by atoms with van der Waals surface area (Å²) in [4.78, 5) is 14.0. The van der Waals surface area contributed by atoms with Crippen molar-refractivity contribution in [1.29, 1.82) is 0 Å². The molecule has 0 radical (unpaired) electrons. The Kier molecular flexibility index (Phi) is 7.59. The molecule has 0 bridgehead atoms. The molecular weight excluding hydrogens is 300 g/mol. The number of benzene rings is 1. The smallest absolute Gasteiger partial charge is 0.410 e. The van der Waals surface area contributed by atoms with Crippen LogP contribution < -0.4 is 5.73 Å². The van der Waals surface area contributed by atoms with E-state index in [0.29, 0.717) is 5.92 Å². The number of hydrogen-bond acceptors (Lipinski definition) is 3. The molecule has 1 aromatic carbocycles. The number of carbonyl (C=O) groups excluding carboxylic acids is 1. The summed E-state index contributed by atoms with van der Waals surface area (Å²) < 4.78 is 5.48. The molecular formula is C20H34N2O2. The highest BCUT2D eigenvalue weighted by atomic mass is 16.6. The van der Waals surface area contributed by atoms with Crippen molar-refractivity contribution < 1.29 is 9.53 Å². The Morgan fingerprint density at radius 1 is 1.25 bits per heavy atom. The van der Waals surface area contributed by atoms with Crippen LogP contribution in [0.5, 0.6) is 0 Å². The fraction of sp³-hybridized carbons (Fsp3) is 0.650. The minimum absolute atomic E-state index is 0.110. The molecule has 136 valence electrons. The lowest BCUT2D eigenvalue weighted by Crippen LogP contribution is -2.40. The maximum atomic E-state index is 12.3. The molecule has 1 rings (SSSR count). The number of nitrogen functional groups attached to an aromatic ring is 1. The second kappa shape index (κ2) is 8.95. The summed E-state index contributed by atoms with van der Waals surface area (Å²) in [6, 6.07) is 8.23. The van der Waals surface area contributed by atoms with E-state index in [1.807, 2.05) is 40.0 Å². The average Bonchev–Trinajstić information content (AvgIpc) is 2.49. The monoisotopic (exact) mass is 334 g/mol. The van der Waals surface area contributed by atoms with Gasteiger partial charge < -0.3 is 15.4 Å². The minimum Gasteiger partial charge on any atom is -0.444 e. The third kappa shape index (κ3) is 6.81. The second-order valence-electron chi connectivity index (χ2n) is 7.68. The third-order valence-electron chi connectivity index (χ3n) is 4.28. The van der Waals surface area contributed by atoms with Crippen molar-refractivity contribution in [3.63, 3.8) is 0 Å². The lowest BCUT2D eigenvalue weighted by atomic mass is 9.88. The molecule has 24 heavy (non-hydrogen) atoms. The van der Waals surface area contributed by atoms with E-state index in [0.717, 1.165) is 18.5 Å². The van der Waals surface area contributed by atoms with Crippen molar-refractivity contribution in [3.8, 4) is 0 Å². The zero-order valence-corrected chi connectivity index (χ0v) is 16.1. The average molecular weight is 335 g/mol. The van der Waals surface area contributed by atoms with Gasteiger partial charge in [0.1, 0.15) is 5.60 Å². The summed E-state index contributed by atoms with van der Waals surface area (Å²) in [5.41, 5.74) is 7.41. The van der Waals surface area contributed by atoms with Crippen LogP contribution in [0, 0.1) is 0 Å². The number of anilines is 1. The number of unbranched alkanes of at least 4 members (excludes halogenated alkanes) is 1. The van der Waals surface area contributed by atoms with E-state index in [2.05, 4.69) is 26.0 Å². The first-order valence-corrected chi connectivity index (χ1v) is 8.95. The Morgan fingerprint density at radius 3 is 2.33 bits per heavy atom. The molecule has 0 aliphatic heterocycles. The first-order valence-electron chi connectivity index (χ1n) is 8.95. The van der Waals surface area contributed by atoms with Crippen LogP contribution in [0.15, 0.2) is 24.3 Å². The number of carbonyl (C=O) groups is 1. The largest absolute Gasteiger partial charge is 0.444 e. The normalized spacial score (nSPS) is 14.1. The zero-order valence-electron chi connectivity index (χ0n) is 16.1. The maximum absolute atomic E-state index is 12.3. The van der Waals surface area contributed by atoms with Crippen molar-refractivity contribution in [3.05, 3.63) is 29.8 Å². The van der Waals surface area contributed by atoms with Crippen molar-refractivity contribution >= 4 is 11.8 Å². The Morgan fingerprint density at radius 2 is 1.83 bits per heavy atom. The molecule has 0 spiro atoms. The predicted octanol–water partition coefficient (Wildman–Crippen LogP) is 5.19. The van der Waals surface area contributed by atoms with Crippen molar-refractivity contribution in [2.75, 3.05) is 12.8 Å². The van der Waals surface area contributed by atoms with Crippen LogP contribution in [-0.2, 0) is 4.74 Å². The molecule has 0 aliphatic rings. The number of ether oxygens (including phenoxy) is 1. The molecule has 0 fully saturated rings. The van der Waals surface area contributed by atoms with Gasteiger partial charge in [-0.25, -0.2) is 4.79 Å². The molecule has 2 N–H and O–H groups in total. The van der Waals surface area contributed by atoms with E-state index >= 15 is 0 Å². The standard InChI is InChI=1S/C20H34N2O2/c1-7-8-9-17(16-10-12-18(21)13-11-16)14-15(2)22(6)19(23)24-20(3,4)5/h10-13,15,17H,7-9,14,21H2,1-6H3.